The first kappa shape index (κ1) is 14.8. The predicted octanol–water partition coefficient (Wildman–Crippen LogP) is 3.48. The molecule has 0 saturated carbocycles. The number of halogens is 1. The van der Waals surface area contributed by atoms with Gasteiger partial charge in [-0.05, 0) is 40.0 Å². The van der Waals surface area contributed by atoms with Gasteiger partial charge in [-0.2, -0.15) is 5.10 Å². The van der Waals surface area contributed by atoms with E-state index in [9.17, 15) is 4.79 Å². The van der Waals surface area contributed by atoms with Crippen LogP contribution in [0.15, 0.2) is 41.1 Å². The monoisotopic (exact) mass is 335 g/mol. The maximum atomic E-state index is 12.1. The lowest BCUT2D eigenvalue weighted by Gasteiger charge is -2.12. The first-order valence-corrected chi connectivity index (χ1v) is 7.45. The van der Waals surface area contributed by atoms with E-state index < -0.39 is 0 Å². The lowest BCUT2D eigenvalue weighted by atomic mass is 10.1. The molecule has 0 aliphatic carbocycles. The molecule has 1 N–H and O–H groups in total. The predicted molar refractivity (Wildman–Crippen MR) is 83.5 cm³/mol. The van der Waals surface area contributed by atoms with Crippen LogP contribution in [0.3, 0.4) is 0 Å². The summed E-state index contributed by atoms with van der Waals surface area (Å²) < 4.78 is 2.68. The second-order valence-corrected chi connectivity index (χ2v) is 5.74. The average Bonchev–Trinajstić information content (AvgIpc) is 2.85. The minimum Gasteiger partial charge on any atom is -0.326 e. The number of nitrogens with zero attached hydrogens (tertiary/aromatic N) is 2. The fourth-order valence-corrected chi connectivity index (χ4v) is 2.22. The van der Waals surface area contributed by atoms with Crippen LogP contribution < -0.4 is 5.32 Å². The number of hydrogen-bond acceptors (Lipinski definition) is 2. The molecule has 0 aliphatic heterocycles. The van der Waals surface area contributed by atoms with E-state index in [-0.39, 0.29) is 11.8 Å². The number of nitrogens with one attached hydrogen (secondary N) is 1. The first-order valence-electron chi connectivity index (χ1n) is 6.66. The van der Waals surface area contributed by atoms with E-state index in [1.165, 1.54) is 5.56 Å². The fraction of sp³-hybridized carbons (Fsp3) is 0.333. The van der Waals surface area contributed by atoms with Gasteiger partial charge in [-0.15, -0.1) is 0 Å². The molecule has 0 fully saturated rings. The van der Waals surface area contributed by atoms with Crippen molar-refractivity contribution in [1.82, 2.24) is 9.78 Å². The second kappa shape index (κ2) is 6.70. The summed E-state index contributed by atoms with van der Waals surface area (Å²) in [6.07, 6.45) is 4.58. The highest BCUT2D eigenvalue weighted by atomic mass is 79.9. The molecule has 2 rings (SSSR count). The van der Waals surface area contributed by atoms with Crippen molar-refractivity contribution in [2.24, 2.45) is 5.92 Å². The SMILES string of the molecule is CCc1ccc(NC(=O)C(C)Cn2cc(Br)cn2)cc1. The number of amides is 1. The van der Waals surface area contributed by atoms with Crippen LogP contribution in [0.5, 0.6) is 0 Å². The van der Waals surface area contributed by atoms with Crippen LogP contribution in [-0.2, 0) is 17.8 Å². The Hall–Kier alpha value is -1.62. The van der Waals surface area contributed by atoms with Crippen molar-refractivity contribution >= 4 is 27.5 Å². The van der Waals surface area contributed by atoms with Gasteiger partial charge in [0.05, 0.1) is 23.1 Å². The molecule has 1 aromatic carbocycles. The first-order chi connectivity index (χ1) is 9.58. The van der Waals surface area contributed by atoms with Crippen molar-refractivity contribution in [2.75, 3.05) is 5.32 Å². The fourth-order valence-electron chi connectivity index (χ4n) is 1.89. The maximum absolute atomic E-state index is 12.1. The van der Waals surface area contributed by atoms with Gasteiger partial charge in [0, 0.05) is 11.9 Å². The number of carbonyl (C=O) groups is 1. The number of benzene rings is 1. The van der Waals surface area contributed by atoms with Gasteiger partial charge in [0.2, 0.25) is 5.91 Å². The van der Waals surface area contributed by atoms with Crippen LogP contribution in [0.1, 0.15) is 19.4 Å². The van der Waals surface area contributed by atoms with Gasteiger partial charge in [-0.3, -0.25) is 9.48 Å². The number of carbonyl (C=O) groups excluding carboxylic acids is 1. The van der Waals surface area contributed by atoms with Crippen molar-refractivity contribution < 1.29 is 4.79 Å². The molecule has 20 heavy (non-hydrogen) atoms. The summed E-state index contributed by atoms with van der Waals surface area (Å²) >= 11 is 3.34. The van der Waals surface area contributed by atoms with Crippen LogP contribution in [0.2, 0.25) is 0 Å². The van der Waals surface area contributed by atoms with Crippen LogP contribution in [0.25, 0.3) is 0 Å². The molecule has 5 heteroatoms. The Balaban J connectivity index is 1.93. The van der Waals surface area contributed by atoms with Gasteiger partial charge in [0.15, 0.2) is 0 Å². The second-order valence-electron chi connectivity index (χ2n) is 4.82. The maximum Gasteiger partial charge on any atom is 0.229 e. The van der Waals surface area contributed by atoms with E-state index in [2.05, 4.69) is 33.3 Å². The van der Waals surface area contributed by atoms with E-state index >= 15 is 0 Å². The number of aryl methyl sites for hydroxylation is 1. The van der Waals surface area contributed by atoms with E-state index in [0.717, 1.165) is 16.6 Å². The van der Waals surface area contributed by atoms with Crippen molar-refractivity contribution in [3.63, 3.8) is 0 Å². The minimum absolute atomic E-state index is 0.000806. The normalized spacial score (nSPS) is 12.2. The topological polar surface area (TPSA) is 46.9 Å². The minimum atomic E-state index is -0.146. The molecule has 2 aromatic rings. The quantitative estimate of drug-likeness (QED) is 0.909. The van der Waals surface area contributed by atoms with Crippen LogP contribution in [0, 0.1) is 5.92 Å². The molecule has 106 valence electrons. The van der Waals surface area contributed by atoms with Gasteiger partial charge in [-0.1, -0.05) is 26.0 Å². The number of aromatic nitrogens is 2. The zero-order valence-electron chi connectivity index (χ0n) is 11.6. The smallest absolute Gasteiger partial charge is 0.229 e. The Labute approximate surface area is 127 Å². The van der Waals surface area contributed by atoms with Gasteiger partial charge >= 0.3 is 0 Å². The summed E-state index contributed by atoms with van der Waals surface area (Å²) in [5.74, 6) is -0.145. The van der Waals surface area contributed by atoms with Crippen LogP contribution in [-0.4, -0.2) is 15.7 Å². The van der Waals surface area contributed by atoms with Crippen molar-refractivity contribution in [1.29, 1.82) is 0 Å². The molecular weight excluding hydrogens is 318 g/mol. The zero-order chi connectivity index (χ0) is 14.5. The highest BCUT2D eigenvalue weighted by Crippen LogP contribution is 2.13. The van der Waals surface area contributed by atoms with Gasteiger partial charge < -0.3 is 5.32 Å². The molecule has 0 saturated heterocycles. The van der Waals surface area contributed by atoms with Crippen molar-refractivity contribution in [3.05, 3.63) is 46.7 Å². The summed E-state index contributed by atoms with van der Waals surface area (Å²) in [6.45, 7) is 4.56. The summed E-state index contributed by atoms with van der Waals surface area (Å²) in [4.78, 5) is 12.1. The largest absolute Gasteiger partial charge is 0.326 e. The van der Waals surface area contributed by atoms with Gasteiger partial charge in [0.25, 0.3) is 0 Å². The number of hydrogen-bond donors (Lipinski definition) is 1. The lowest BCUT2D eigenvalue weighted by molar-refractivity contribution is -0.119. The molecule has 1 heterocycles. The molecule has 0 aliphatic rings. The zero-order valence-corrected chi connectivity index (χ0v) is 13.2. The third-order valence-electron chi connectivity index (χ3n) is 3.14. The third-order valence-corrected chi connectivity index (χ3v) is 3.55. The Morgan fingerprint density at radius 2 is 2.10 bits per heavy atom. The molecule has 0 bridgehead atoms. The van der Waals surface area contributed by atoms with Gasteiger partial charge in [0.1, 0.15) is 0 Å². The van der Waals surface area contributed by atoms with E-state index in [4.69, 9.17) is 0 Å². The molecule has 1 amide bonds. The summed E-state index contributed by atoms with van der Waals surface area (Å²) in [5, 5.41) is 7.09. The molecule has 4 nitrogen and oxygen atoms in total. The molecule has 1 unspecified atom stereocenters. The Morgan fingerprint density at radius 1 is 1.40 bits per heavy atom. The van der Waals surface area contributed by atoms with E-state index in [0.29, 0.717) is 6.54 Å². The Morgan fingerprint density at radius 3 is 2.65 bits per heavy atom. The number of anilines is 1. The van der Waals surface area contributed by atoms with Crippen molar-refractivity contribution in [2.45, 2.75) is 26.8 Å². The van der Waals surface area contributed by atoms with Crippen LogP contribution >= 0.6 is 15.9 Å². The Kier molecular flexibility index (Phi) is 4.95. The standard InChI is InChI=1S/C15H18BrN3O/c1-3-12-4-6-14(7-5-12)18-15(20)11(2)9-19-10-13(16)8-17-19/h4-8,10-11H,3,9H2,1-2H3,(H,18,20). The number of rotatable bonds is 5. The summed E-state index contributed by atoms with van der Waals surface area (Å²) in [7, 11) is 0. The van der Waals surface area contributed by atoms with E-state index in [1.54, 1.807) is 10.9 Å². The van der Waals surface area contributed by atoms with Crippen LogP contribution in [0.4, 0.5) is 5.69 Å². The third kappa shape index (κ3) is 3.93. The summed E-state index contributed by atoms with van der Waals surface area (Å²) in [6, 6.07) is 7.94. The van der Waals surface area contributed by atoms with Crippen molar-refractivity contribution in [3.8, 4) is 0 Å². The average molecular weight is 336 g/mol. The lowest BCUT2D eigenvalue weighted by Crippen LogP contribution is -2.24. The van der Waals surface area contributed by atoms with Gasteiger partial charge in [-0.25, -0.2) is 0 Å². The summed E-state index contributed by atoms with van der Waals surface area (Å²) in [5.41, 5.74) is 2.10. The molecule has 1 atom stereocenters. The highest BCUT2D eigenvalue weighted by Gasteiger charge is 2.14. The molecule has 0 spiro atoms. The molecule has 1 aromatic heterocycles. The highest BCUT2D eigenvalue weighted by molar-refractivity contribution is 9.10. The molecule has 0 radical (unpaired) electrons. The molecular formula is C15H18BrN3O. The Bertz CT molecular complexity index is 577. The van der Waals surface area contributed by atoms with E-state index in [1.807, 2.05) is 37.4 Å².